The van der Waals surface area contributed by atoms with Crippen molar-refractivity contribution in [2.45, 2.75) is 44.7 Å². The predicted molar refractivity (Wildman–Crippen MR) is 84.6 cm³/mol. The maximum atomic E-state index is 3.63. The lowest BCUT2D eigenvalue weighted by Crippen LogP contribution is -2.30. The van der Waals surface area contributed by atoms with Crippen molar-refractivity contribution in [3.8, 4) is 0 Å². The number of anilines is 1. The number of rotatable bonds is 6. The molecule has 3 heteroatoms. The van der Waals surface area contributed by atoms with Crippen LogP contribution in [0.4, 0.5) is 5.69 Å². The summed E-state index contributed by atoms with van der Waals surface area (Å²) >= 11 is 3.60. The number of nitrogens with zero attached hydrogens (tertiary/aromatic N) is 1. The normalized spacial score (nSPS) is 19.3. The molecule has 0 aliphatic heterocycles. The molecule has 0 heterocycles. The van der Waals surface area contributed by atoms with E-state index in [1.54, 1.807) is 0 Å². The fourth-order valence-electron chi connectivity index (χ4n) is 2.77. The van der Waals surface area contributed by atoms with Crippen LogP contribution in [0.2, 0.25) is 0 Å². The first-order valence-electron chi connectivity index (χ1n) is 7.45. The van der Waals surface area contributed by atoms with Gasteiger partial charge >= 0.3 is 0 Å². The van der Waals surface area contributed by atoms with Crippen LogP contribution in [-0.2, 0) is 6.54 Å². The molecule has 3 rings (SSSR count). The van der Waals surface area contributed by atoms with Crippen LogP contribution >= 0.6 is 15.9 Å². The number of hydrogen-bond donors (Lipinski definition) is 1. The molecule has 1 aromatic carbocycles. The van der Waals surface area contributed by atoms with E-state index >= 15 is 0 Å². The van der Waals surface area contributed by atoms with E-state index in [2.05, 4.69) is 51.4 Å². The van der Waals surface area contributed by atoms with Gasteiger partial charge in [0.1, 0.15) is 0 Å². The highest BCUT2D eigenvalue weighted by atomic mass is 79.9. The summed E-state index contributed by atoms with van der Waals surface area (Å²) < 4.78 is 1.18. The van der Waals surface area contributed by atoms with Crippen molar-refractivity contribution >= 4 is 21.6 Å². The highest BCUT2D eigenvalue weighted by molar-refractivity contribution is 9.10. The summed E-state index contributed by atoms with van der Waals surface area (Å²) in [6.45, 7) is 2.20. The Hall–Kier alpha value is -0.540. The van der Waals surface area contributed by atoms with Gasteiger partial charge in [-0.3, -0.25) is 0 Å². The van der Waals surface area contributed by atoms with Crippen LogP contribution < -0.4 is 10.2 Å². The molecule has 2 fully saturated rings. The summed E-state index contributed by atoms with van der Waals surface area (Å²) in [6.07, 6.45) is 6.95. The lowest BCUT2D eigenvalue weighted by Gasteiger charge is -2.32. The Morgan fingerprint density at radius 1 is 1.26 bits per heavy atom. The molecule has 2 aliphatic carbocycles. The van der Waals surface area contributed by atoms with Crippen molar-refractivity contribution in [3.63, 3.8) is 0 Å². The third-order valence-corrected chi connectivity index (χ3v) is 4.86. The van der Waals surface area contributed by atoms with Crippen molar-refractivity contribution in [1.29, 1.82) is 0 Å². The van der Waals surface area contributed by atoms with Gasteiger partial charge in [0.05, 0.1) is 0 Å². The van der Waals surface area contributed by atoms with Gasteiger partial charge in [0.2, 0.25) is 0 Å². The number of hydrogen-bond acceptors (Lipinski definition) is 2. The first-order chi connectivity index (χ1) is 9.22. The first-order valence-corrected chi connectivity index (χ1v) is 8.24. The van der Waals surface area contributed by atoms with E-state index < -0.39 is 0 Å². The molecule has 2 nitrogen and oxygen atoms in total. The second kappa shape index (κ2) is 5.84. The molecule has 1 N–H and O–H groups in total. The van der Waals surface area contributed by atoms with E-state index in [1.165, 1.54) is 54.4 Å². The quantitative estimate of drug-likeness (QED) is 0.853. The standard InChI is InChI=1S/C16H23BrN2/c1-19(11-12-3-2-4-12)16-8-5-14(17)9-13(16)10-18-15-6-7-15/h5,8-9,12,15,18H,2-4,6-7,10-11H2,1H3. The third kappa shape index (κ3) is 3.51. The minimum atomic E-state index is 0.767. The number of halogens is 1. The summed E-state index contributed by atoms with van der Waals surface area (Å²) in [5, 5.41) is 3.63. The summed E-state index contributed by atoms with van der Waals surface area (Å²) in [5.74, 6) is 0.915. The predicted octanol–water partition coefficient (Wildman–Crippen LogP) is 3.94. The summed E-state index contributed by atoms with van der Waals surface area (Å²) in [4.78, 5) is 2.44. The average Bonchev–Trinajstić information content (AvgIpc) is 3.15. The molecule has 0 bridgehead atoms. The second-order valence-electron chi connectivity index (χ2n) is 6.11. The Bertz CT molecular complexity index is 438. The Balaban J connectivity index is 1.69. The van der Waals surface area contributed by atoms with Crippen LogP contribution in [0.15, 0.2) is 22.7 Å². The van der Waals surface area contributed by atoms with Crippen molar-refractivity contribution < 1.29 is 0 Å². The van der Waals surface area contributed by atoms with Crippen molar-refractivity contribution in [2.75, 3.05) is 18.5 Å². The molecule has 1 aromatic rings. The topological polar surface area (TPSA) is 15.3 Å². The average molecular weight is 323 g/mol. The van der Waals surface area contributed by atoms with E-state index in [-0.39, 0.29) is 0 Å². The molecule has 2 saturated carbocycles. The van der Waals surface area contributed by atoms with Crippen molar-refractivity contribution in [2.24, 2.45) is 5.92 Å². The van der Waals surface area contributed by atoms with Gasteiger partial charge in [-0.25, -0.2) is 0 Å². The fraction of sp³-hybridized carbons (Fsp3) is 0.625. The lowest BCUT2D eigenvalue weighted by molar-refractivity contribution is 0.321. The van der Waals surface area contributed by atoms with Crippen LogP contribution in [0, 0.1) is 5.92 Å². The maximum Gasteiger partial charge on any atom is 0.0410 e. The molecule has 0 aromatic heterocycles. The number of benzene rings is 1. The van der Waals surface area contributed by atoms with E-state index in [9.17, 15) is 0 Å². The summed E-state index contributed by atoms with van der Waals surface area (Å²) in [6, 6.07) is 7.45. The third-order valence-electron chi connectivity index (χ3n) is 4.37. The molecule has 19 heavy (non-hydrogen) atoms. The Kier molecular flexibility index (Phi) is 4.13. The fourth-order valence-corrected chi connectivity index (χ4v) is 3.18. The summed E-state index contributed by atoms with van der Waals surface area (Å²) in [5.41, 5.74) is 2.81. The van der Waals surface area contributed by atoms with Crippen LogP contribution in [0.25, 0.3) is 0 Å². The van der Waals surface area contributed by atoms with E-state index in [0.717, 1.165) is 18.5 Å². The zero-order chi connectivity index (χ0) is 13.2. The van der Waals surface area contributed by atoms with Gasteiger partial charge in [-0.1, -0.05) is 22.4 Å². The molecule has 0 saturated heterocycles. The molecule has 2 aliphatic rings. The van der Waals surface area contributed by atoms with Crippen molar-refractivity contribution in [3.05, 3.63) is 28.2 Å². The van der Waals surface area contributed by atoms with Crippen molar-refractivity contribution in [1.82, 2.24) is 5.32 Å². The zero-order valence-electron chi connectivity index (χ0n) is 11.7. The molecule has 0 atom stereocenters. The molecular formula is C16H23BrN2. The highest BCUT2D eigenvalue weighted by Crippen LogP contribution is 2.31. The van der Waals surface area contributed by atoms with Gasteiger partial charge in [-0.2, -0.15) is 0 Å². The minimum Gasteiger partial charge on any atom is -0.374 e. The molecular weight excluding hydrogens is 300 g/mol. The lowest BCUT2D eigenvalue weighted by atomic mass is 9.85. The van der Waals surface area contributed by atoms with Crippen LogP contribution in [-0.4, -0.2) is 19.6 Å². The molecule has 0 amide bonds. The maximum absolute atomic E-state index is 3.63. The summed E-state index contributed by atoms with van der Waals surface area (Å²) in [7, 11) is 2.24. The van der Waals surface area contributed by atoms with Crippen LogP contribution in [0.1, 0.15) is 37.7 Å². The number of nitrogens with one attached hydrogen (secondary N) is 1. The monoisotopic (exact) mass is 322 g/mol. The largest absolute Gasteiger partial charge is 0.374 e. The smallest absolute Gasteiger partial charge is 0.0410 e. The highest BCUT2D eigenvalue weighted by Gasteiger charge is 2.22. The van der Waals surface area contributed by atoms with Gasteiger partial charge in [-0.15, -0.1) is 0 Å². The van der Waals surface area contributed by atoms with Gasteiger partial charge in [0, 0.05) is 36.3 Å². The Morgan fingerprint density at radius 2 is 2.05 bits per heavy atom. The second-order valence-corrected chi connectivity index (χ2v) is 7.02. The van der Waals surface area contributed by atoms with E-state index in [4.69, 9.17) is 0 Å². The molecule has 0 radical (unpaired) electrons. The van der Waals surface area contributed by atoms with Gasteiger partial charge < -0.3 is 10.2 Å². The SMILES string of the molecule is CN(CC1CCC1)c1ccc(Br)cc1CNC1CC1. The Morgan fingerprint density at radius 3 is 2.68 bits per heavy atom. The van der Waals surface area contributed by atoms with Crippen LogP contribution in [0.3, 0.4) is 0 Å². The van der Waals surface area contributed by atoms with E-state index in [0.29, 0.717) is 0 Å². The molecule has 0 unspecified atom stereocenters. The van der Waals surface area contributed by atoms with Gasteiger partial charge in [0.15, 0.2) is 0 Å². The Labute approximate surface area is 124 Å². The first kappa shape index (κ1) is 13.4. The van der Waals surface area contributed by atoms with Crippen LogP contribution in [0.5, 0.6) is 0 Å². The van der Waals surface area contributed by atoms with E-state index in [1.807, 2.05) is 0 Å². The van der Waals surface area contributed by atoms with Gasteiger partial charge in [0.25, 0.3) is 0 Å². The minimum absolute atomic E-state index is 0.767. The molecule has 104 valence electrons. The molecule has 0 spiro atoms. The van der Waals surface area contributed by atoms with Gasteiger partial charge in [-0.05, 0) is 55.4 Å². The zero-order valence-corrected chi connectivity index (χ0v) is 13.2.